The Hall–Kier alpha value is -1.58. The molecule has 4 nitrogen and oxygen atoms in total. The predicted octanol–water partition coefficient (Wildman–Crippen LogP) is 2.94. The molecule has 20 heavy (non-hydrogen) atoms. The summed E-state index contributed by atoms with van der Waals surface area (Å²) >= 11 is 0. The van der Waals surface area contributed by atoms with Crippen LogP contribution in [0.25, 0.3) is 0 Å². The molecule has 0 atom stereocenters. The van der Waals surface area contributed by atoms with Crippen molar-refractivity contribution in [3.05, 3.63) is 22.9 Å². The molecule has 0 amide bonds. The Morgan fingerprint density at radius 1 is 1.30 bits per heavy atom. The zero-order chi connectivity index (χ0) is 14.9. The smallest absolute Gasteiger partial charge is 0.342 e. The molecule has 1 aliphatic heterocycles. The normalized spacial score (nSPS) is 14.8. The van der Waals surface area contributed by atoms with Crippen LogP contribution in [0.1, 0.15) is 56.2 Å². The zero-order valence-electron chi connectivity index (χ0n) is 13.1. The summed E-state index contributed by atoms with van der Waals surface area (Å²) in [7, 11) is 0. The molecule has 1 aromatic rings. The van der Waals surface area contributed by atoms with Crippen molar-refractivity contribution in [1.82, 2.24) is 4.98 Å². The fourth-order valence-electron chi connectivity index (χ4n) is 2.46. The molecule has 0 unspecified atom stereocenters. The maximum absolute atomic E-state index is 12.1. The van der Waals surface area contributed by atoms with Crippen LogP contribution >= 0.6 is 0 Å². The number of rotatable bonds is 3. The number of aromatic nitrogens is 1. The molecule has 0 saturated heterocycles. The second-order valence-electron chi connectivity index (χ2n) is 6.17. The first-order valence-electron chi connectivity index (χ1n) is 7.35. The quantitative estimate of drug-likeness (QED) is 0.796. The van der Waals surface area contributed by atoms with Gasteiger partial charge < -0.3 is 9.64 Å². The number of pyridine rings is 1. The van der Waals surface area contributed by atoms with Crippen LogP contribution < -0.4 is 4.90 Å². The first-order chi connectivity index (χ1) is 9.38. The van der Waals surface area contributed by atoms with E-state index in [0.717, 1.165) is 36.6 Å². The van der Waals surface area contributed by atoms with Gasteiger partial charge in [-0.05, 0) is 25.5 Å². The van der Waals surface area contributed by atoms with Gasteiger partial charge in [0, 0.05) is 30.6 Å². The Kier molecular flexibility index (Phi) is 4.02. The van der Waals surface area contributed by atoms with Gasteiger partial charge in [-0.15, -0.1) is 0 Å². The van der Waals surface area contributed by atoms with Crippen molar-refractivity contribution >= 4 is 11.8 Å². The number of nitrogens with zero attached hydrogens (tertiary/aromatic N) is 2. The molecule has 0 aromatic carbocycles. The van der Waals surface area contributed by atoms with Crippen LogP contribution in [-0.4, -0.2) is 30.6 Å². The lowest BCUT2D eigenvalue weighted by Crippen LogP contribution is -2.30. The summed E-state index contributed by atoms with van der Waals surface area (Å²) < 4.78 is 5.20. The number of carbonyl (C=O) groups excluding carboxylic acids is 1. The van der Waals surface area contributed by atoms with Gasteiger partial charge >= 0.3 is 5.97 Å². The summed E-state index contributed by atoms with van der Waals surface area (Å²) in [5, 5.41) is 0. The third-order valence-corrected chi connectivity index (χ3v) is 3.72. The molecule has 1 aliphatic rings. The lowest BCUT2D eigenvalue weighted by Gasteiger charge is -2.29. The molecule has 1 aromatic heterocycles. The fourth-order valence-corrected chi connectivity index (χ4v) is 2.46. The van der Waals surface area contributed by atoms with Gasteiger partial charge in [-0.1, -0.05) is 20.8 Å². The SMILES string of the molecule is CCN(CC)c1nc(C(C)(C)C)cc2c1C(=O)OCC2. The van der Waals surface area contributed by atoms with Crippen LogP contribution in [0.15, 0.2) is 6.07 Å². The average molecular weight is 276 g/mol. The minimum atomic E-state index is -0.235. The first kappa shape index (κ1) is 14.8. The van der Waals surface area contributed by atoms with E-state index in [2.05, 4.69) is 45.6 Å². The minimum Gasteiger partial charge on any atom is -0.462 e. The lowest BCUT2D eigenvalue weighted by atomic mass is 9.89. The summed E-state index contributed by atoms with van der Waals surface area (Å²) in [6.45, 7) is 12.7. The maximum atomic E-state index is 12.1. The van der Waals surface area contributed by atoms with Crippen molar-refractivity contribution in [3.63, 3.8) is 0 Å². The van der Waals surface area contributed by atoms with E-state index in [4.69, 9.17) is 9.72 Å². The van der Waals surface area contributed by atoms with Gasteiger partial charge in [-0.2, -0.15) is 0 Å². The van der Waals surface area contributed by atoms with E-state index in [1.54, 1.807) is 0 Å². The van der Waals surface area contributed by atoms with Crippen molar-refractivity contribution in [3.8, 4) is 0 Å². The van der Waals surface area contributed by atoms with E-state index in [0.29, 0.717) is 12.2 Å². The molecule has 0 bridgehead atoms. The van der Waals surface area contributed by atoms with Crippen molar-refractivity contribution in [2.45, 2.75) is 46.5 Å². The number of carbonyl (C=O) groups is 1. The summed E-state index contributed by atoms with van der Waals surface area (Å²) in [4.78, 5) is 19.0. The van der Waals surface area contributed by atoms with Crippen molar-refractivity contribution in [2.75, 3.05) is 24.6 Å². The highest BCUT2D eigenvalue weighted by Crippen LogP contribution is 2.31. The Morgan fingerprint density at radius 2 is 1.95 bits per heavy atom. The van der Waals surface area contributed by atoms with Gasteiger partial charge in [0.15, 0.2) is 0 Å². The topological polar surface area (TPSA) is 42.4 Å². The summed E-state index contributed by atoms with van der Waals surface area (Å²) in [5.41, 5.74) is 2.74. The Morgan fingerprint density at radius 3 is 2.50 bits per heavy atom. The number of esters is 1. The standard InChI is InChI=1S/C16H24N2O2/c1-6-18(7-2)14-13-11(8-9-20-15(13)19)10-12(17-14)16(3,4)5/h10H,6-9H2,1-5H3. The van der Waals surface area contributed by atoms with Gasteiger partial charge in [-0.3, -0.25) is 0 Å². The highest BCUT2D eigenvalue weighted by atomic mass is 16.5. The van der Waals surface area contributed by atoms with Gasteiger partial charge in [0.05, 0.1) is 6.61 Å². The highest BCUT2D eigenvalue weighted by molar-refractivity contribution is 5.97. The Bertz CT molecular complexity index is 514. The molecule has 110 valence electrons. The molecule has 4 heteroatoms. The van der Waals surface area contributed by atoms with Crippen LogP contribution in [0.5, 0.6) is 0 Å². The van der Waals surface area contributed by atoms with E-state index < -0.39 is 0 Å². The van der Waals surface area contributed by atoms with E-state index >= 15 is 0 Å². The summed E-state index contributed by atoms with van der Waals surface area (Å²) in [6.07, 6.45) is 0.779. The van der Waals surface area contributed by atoms with Gasteiger partial charge in [-0.25, -0.2) is 9.78 Å². The molecule has 0 radical (unpaired) electrons. The number of hydrogen-bond donors (Lipinski definition) is 0. The number of ether oxygens (including phenoxy) is 1. The van der Waals surface area contributed by atoms with Crippen LogP contribution in [0.4, 0.5) is 5.82 Å². The van der Waals surface area contributed by atoms with E-state index in [1.165, 1.54) is 0 Å². The number of fused-ring (bicyclic) bond motifs is 1. The van der Waals surface area contributed by atoms with Crippen molar-refractivity contribution in [2.24, 2.45) is 0 Å². The van der Waals surface area contributed by atoms with Crippen LogP contribution in [-0.2, 0) is 16.6 Å². The summed E-state index contributed by atoms with van der Waals surface area (Å²) in [6, 6.07) is 2.07. The van der Waals surface area contributed by atoms with E-state index in [-0.39, 0.29) is 11.4 Å². The molecule has 0 fully saturated rings. The maximum Gasteiger partial charge on any atom is 0.342 e. The first-order valence-corrected chi connectivity index (χ1v) is 7.35. The van der Waals surface area contributed by atoms with Crippen LogP contribution in [0.3, 0.4) is 0 Å². The average Bonchev–Trinajstić information content (AvgIpc) is 2.38. The zero-order valence-corrected chi connectivity index (χ0v) is 13.1. The molecule has 2 rings (SSSR count). The third kappa shape index (κ3) is 2.65. The Balaban J connectivity index is 2.65. The lowest BCUT2D eigenvalue weighted by molar-refractivity contribution is 0.0480. The van der Waals surface area contributed by atoms with Crippen LogP contribution in [0, 0.1) is 0 Å². The van der Waals surface area contributed by atoms with Crippen molar-refractivity contribution in [1.29, 1.82) is 0 Å². The minimum absolute atomic E-state index is 0.0295. The molecule has 2 heterocycles. The largest absolute Gasteiger partial charge is 0.462 e. The molecule has 0 spiro atoms. The number of anilines is 1. The third-order valence-electron chi connectivity index (χ3n) is 3.72. The van der Waals surface area contributed by atoms with E-state index in [1.807, 2.05) is 0 Å². The second-order valence-corrected chi connectivity index (χ2v) is 6.17. The van der Waals surface area contributed by atoms with Gasteiger partial charge in [0.2, 0.25) is 0 Å². The molecule has 0 N–H and O–H groups in total. The second kappa shape index (κ2) is 5.43. The van der Waals surface area contributed by atoms with E-state index in [9.17, 15) is 4.79 Å². The Labute approximate surface area is 121 Å². The molecule has 0 saturated carbocycles. The highest BCUT2D eigenvalue weighted by Gasteiger charge is 2.29. The van der Waals surface area contributed by atoms with Gasteiger partial charge in [0.25, 0.3) is 0 Å². The number of hydrogen-bond acceptors (Lipinski definition) is 4. The predicted molar refractivity (Wildman–Crippen MR) is 80.5 cm³/mol. The monoisotopic (exact) mass is 276 g/mol. The van der Waals surface area contributed by atoms with Gasteiger partial charge in [0.1, 0.15) is 11.4 Å². The molecular formula is C16H24N2O2. The summed E-state index contributed by atoms with van der Waals surface area (Å²) in [5.74, 6) is 0.545. The number of cyclic esters (lactones) is 1. The van der Waals surface area contributed by atoms with Crippen LogP contribution in [0.2, 0.25) is 0 Å². The van der Waals surface area contributed by atoms with Crippen molar-refractivity contribution < 1.29 is 9.53 Å². The molecular weight excluding hydrogens is 252 g/mol. The molecule has 0 aliphatic carbocycles. The fraction of sp³-hybridized carbons (Fsp3) is 0.625.